The molecule has 0 unspecified atom stereocenters. The molecule has 0 amide bonds. The molecular weight excluding hydrogens is 689 g/mol. The number of morpholine rings is 1. The number of aromatic nitrogens is 4. The van der Waals surface area contributed by atoms with Crippen LogP contribution in [0.5, 0.6) is 5.75 Å². The van der Waals surface area contributed by atoms with E-state index in [-0.39, 0.29) is 44.1 Å². The smallest absolute Gasteiger partial charge is 0.195 e. The predicted octanol–water partition coefficient (Wildman–Crippen LogP) is 5.34. The first-order valence-corrected chi connectivity index (χ1v) is 12.5. The number of ether oxygens (including phenoxy) is 2. The van der Waals surface area contributed by atoms with Crippen molar-refractivity contribution in [3.8, 4) is 5.75 Å². The van der Waals surface area contributed by atoms with Crippen LogP contribution in [-0.4, -0.2) is 64.5 Å². The zero-order chi connectivity index (χ0) is 24.0. The second-order valence-electron chi connectivity index (χ2n) is 8.38. The Morgan fingerprint density at radius 2 is 1.92 bits per heavy atom. The van der Waals surface area contributed by atoms with E-state index in [1.807, 2.05) is 43.3 Å². The summed E-state index contributed by atoms with van der Waals surface area (Å²) in [6.45, 7) is 7.21. The number of fused-ring (bicyclic) bond motifs is 1. The number of H-pyrrole nitrogens is 1. The van der Waals surface area contributed by atoms with E-state index in [0.717, 1.165) is 66.5 Å². The van der Waals surface area contributed by atoms with Crippen molar-refractivity contribution < 1.29 is 53.5 Å². The van der Waals surface area contributed by atoms with Gasteiger partial charge < -0.3 is 20.5 Å². The van der Waals surface area contributed by atoms with E-state index in [1.165, 1.54) is 11.8 Å². The van der Waals surface area contributed by atoms with Crippen molar-refractivity contribution in [1.82, 2.24) is 25.1 Å². The number of aromatic amines is 1. The van der Waals surface area contributed by atoms with Crippen molar-refractivity contribution in [3.63, 3.8) is 0 Å². The third-order valence-corrected chi connectivity index (χ3v) is 6.53. The Kier molecular flexibility index (Phi) is 9.85. The van der Waals surface area contributed by atoms with Crippen LogP contribution in [0.25, 0.3) is 16.6 Å². The Hall–Kier alpha value is -1.90. The van der Waals surface area contributed by atoms with Gasteiger partial charge in [0, 0.05) is 91.8 Å². The number of hydrogen-bond acceptors (Lipinski definition) is 8. The van der Waals surface area contributed by atoms with Gasteiger partial charge in [0.25, 0.3) is 0 Å². The fraction of sp³-hybridized carbons (Fsp3) is 0.320. The van der Waals surface area contributed by atoms with Gasteiger partial charge in [-0.25, -0.2) is 9.97 Å². The molecule has 0 aliphatic carbocycles. The van der Waals surface area contributed by atoms with E-state index in [9.17, 15) is 0 Å². The Morgan fingerprint density at radius 3 is 2.67 bits per heavy atom. The van der Waals surface area contributed by atoms with Crippen LogP contribution >= 0.6 is 11.8 Å². The Morgan fingerprint density at radius 1 is 1.11 bits per heavy atom. The topological polar surface area (TPSA) is 112 Å². The summed E-state index contributed by atoms with van der Waals surface area (Å²) in [5.74, 6) is 2.16. The molecule has 0 atom stereocenters. The summed E-state index contributed by atoms with van der Waals surface area (Å²) in [4.78, 5) is 12.9. The maximum atomic E-state index is 7.71. The van der Waals surface area contributed by atoms with Crippen LogP contribution in [0.15, 0.2) is 58.6 Å². The average molecular weight is 718 g/mol. The molecule has 1 aliphatic rings. The molecule has 3 heterocycles. The molecule has 2 aromatic carbocycles. The molecule has 2 aromatic heterocycles. The SMILES string of the molecule is Cc1cc(Nc2nc(Sc3ccc([NH-])cc3)nc3cc(OCCCN4CCOCC4)ccc23)n[nH]1.[Ac]. The number of nitrogens with one attached hydrogen (secondary N) is 3. The molecule has 5 rings (SSSR count). The second kappa shape index (κ2) is 13.1. The molecule has 11 heteroatoms. The first-order valence-electron chi connectivity index (χ1n) is 11.7. The van der Waals surface area contributed by atoms with Crippen molar-refractivity contribution in [2.45, 2.75) is 23.4 Å². The molecule has 1 fully saturated rings. The minimum atomic E-state index is 0. The van der Waals surface area contributed by atoms with Gasteiger partial charge in [-0.2, -0.15) is 5.10 Å². The zero-order valence-electron chi connectivity index (χ0n) is 20.2. The van der Waals surface area contributed by atoms with Crippen LogP contribution < -0.4 is 10.1 Å². The number of rotatable bonds is 9. The third-order valence-electron chi connectivity index (χ3n) is 5.65. The fourth-order valence-corrected chi connectivity index (χ4v) is 4.62. The molecule has 9 nitrogen and oxygen atoms in total. The molecule has 4 aromatic rings. The van der Waals surface area contributed by atoms with Crippen LogP contribution in [-0.2, 0) is 4.74 Å². The minimum Gasteiger partial charge on any atom is -0.699 e. The summed E-state index contributed by atoms with van der Waals surface area (Å²) in [5, 5.41) is 12.0. The van der Waals surface area contributed by atoms with Gasteiger partial charge in [-0.3, -0.25) is 10.00 Å². The standard InChI is InChI=1S/C25H28N7O2S.Ac/c1-17-15-23(31-30-17)28-24-21-8-5-19(34-12-2-9-32-10-13-33-14-11-32)16-22(21)27-25(29-24)35-20-6-3-18(26)4-7-20;/h3-8,15-16,26H,2,9-14H2,1H3,(H2,27,28,29,30,31);/q-1;. The van der Waals surface area contributed by atoms with Gasteiger partial charge in [-0.15, -0.1) is 5.69 Å². The summed E-state index contributed by atoms with van der Waals surface area (Å²) in [6, 6.07) is 15.2. The Bertz CT molecular complexity index is 1280. The fourth-order valence-electron chi connectivity index (χ4n) is 3.85. The van der Waals surface area contributed by atoms with Gasteiger partial charge in [0.05, 0.1) is 25.3 Å². The molecule has 1 saturated heterocycles. The van der Waals surface area contributed by atoms with Crippen LogP contribution in [0.2, 0.25) is 0 Å². The molecule has 0 saturated carbocycles. The molecule has 0 spiro atoms. The van der Waals surface area contributed by atoms with Gasteiger partial charge in [0.15, 0.2) is 11.0 Å². The van der Waals surface area contributed by atoms with E-state index in [1.54, 1.807) is 12.1 Å². The maximum Gasteiger partial charge on any atom is 0.195 e. The quantitative estimate of drug-likeness (QED) is 0.177. The normalized spacial score (nSPS) is 13.9. The molecule has 0 bridgehead atoms. The molecule has 36 heavy (non-hydrogen) atoms. The molecular formula is C25H28AcN7O2S-. The monoisotopic (exact) mass is 717 g/mol. The number of anilines is 2. The van der Waals surface area contributed by atoms with Crippen molar-refractivity contribution >= 4 is 40.0 Å². The first kappa shape index (κ1) is 27.1. The number of hydrogen-bond donors (Lipinski definition) is 2. The number of nitrogens with zero attached hydrogens (tertiary/aromatic N) is 4. The summed E-state index contributed by atoms with van der Waals surface area (Å²) < 4.78 is 11.5. The van der Waals surface area contributed by atoms with Gasteiger partial charge in [0.1, 0.15) is 11.6 Å². The largest absolute Gasteiger partial charge is 0.699 e. The van der Waals surface area contributed by atoms with E-state index < -0.39 is 0 Å². The van der Waals surface area contributed by atoms with Crippen molar-refractivity contribution in [3.05, 3.63) is 60.0 Å². The predicted molar refractivity (Wildman–Crippen MR) is 138 cm³/mol. The van der Waals surface area contributed by atoms with E-state index >= 15 is 0 Å². The second-order valence-corrected chi connectivity index (χ2v) is 9.42. The van der Waals surface area contributed by atoms with Crippen LogP contribution in [0.4, 0.5) is 17.3 Å². The minimum absolute atomic E-state index is 0. The van der Waals surface area contributed by atoms with Gasteiger partial charge in [-0.1, -0.05) is 12.1 Å². The Labute approximate surface area is 250 Å². The van der Waals surface area contributed by atoms with E-state index in [0.29, 0.717) is 29.1 Å². The van der Waals surface area contributed by atoms with Gasteiger partial charge in [-0.05, 0) is 49.4 Å². The zero-order valence-corrected chi connectivity index (χ0v) is 25.7. The summed E-state index contributed by atoms with van der Waals surface area (Å²) in [5.41, 5.74) is 9.94. The van der Waals surface area contributed by atoms with Crippen LogP contribution in [0, 0.1) is 51.0 Å². The molecule has 185 valence electrons. The number of aryl methyl sites for hydroxylation is 1. The van der Waals surface area contributed by atoms with Crippen molar-refractivity contribution in [1.29, 1.82) is 0 Å². The molecule has 3 N–H and O–H groups in total. The summed E-state index contributed by atoms with van der Waals surface area (Å²) >= 11 is 1.45. The molecule has 1 radical (unpaired) electrons. The first-order chi connectivity index (χ1) is 17.1. The number of benzene rings is 2. The van der Waals surface area contributed by atoms with E-state index in [4.69, 9.17) is 25.2 Å². The van der Waals surface area contributed by atoms with Gasteiger partial charge in [0.2, 0.25) is 0 Å². The Balaban J connectivity index is 0.00000304. The van der Waals surface area contributed by atoms with Crippen molar-refractivity contribution in [2.75, 3.05) is 44.8 Å². The average Bonchev–Trinajstić information content (AvgIpc) is 3.28. The van der Waals surface area contributed by atoms with E-state index in [2.05, 4.69) is 20.4 Å². The third kappa shape index (κ3) is 7.33. The van der Waals surface area contributed by atoms with Gasteiger partial charge >= 0.3 is 0 Å². The molecule has 1 aliphatic heterocycles. The summed E-state index contributed by atoms with van der Waals surface area (Å²) in [7, 11) is 0. The maximum absolute atomic E-state index is 7.71. The van der Waals surface area contributed by atoms with Crippen LogP contribution in [0.3, 0.4) is 0 Å². The van der Waals surface area contributed by atoms with Crippen molar-refractivity contribution in [2.24, 2.45) is 0 Å². The summed E-state index contributed by atoms with van der Waals surface area (Å²) in [6.07, 6.45) is 0.959. The van der Waals surface area contributed by atoms with Crippen LogP contribution in [0.1, 0.15) is 12.1 Å².